The Balaban J connectivity index is 1.22. The molecule has 0 saturated carbocycles. The third-order valence-electron chi connectivity index (χ3n) is 6.93. The number of benzene rings is 1. The zero-order valence-corrected chi connectivity index (χ0v) is 19.9. The fraction of sp³-hybridized carbons (Fsp3) is 0.458. The number of carbonyl (C=O) groups excluding carboxylic acids is 2. The van der Waals surface area contributed by atoms with E-state index in [0.717, 1.165) is 22.8 Å². The number of nitrogens with one attached hydrogen (secondary N) is 1. The second kappa shape index (κ2) is 9.44. The van der Waals surface area contributed by atoms with Crippen LogP contribution >= 0.6 is 12.6 Å². The van der Waals surface area contributed by atoms with Gasteiger partial charge in [0.2, 0.25) is 11.8 Å². The molecular weight excluding hydrogens is 479 g/mol. The van der Waals surface area contributed by atoms with Gasteiger partial charge in [0.05, 0.1) is 17.0 Å². The highest BCUT2D eigenvalue weighted by molar-refractivity contribution is 7.80. The van der Waals surface area contributed by atoms with Crippen LogP contribution in [0.1, 0.15) is 40.5 Å². The van der Waals surface area contributed by atoms with Gasteiger partial charge in [-0.3, -0.25) is 24.7 Å². The number of nitrogens with zero attached hydrogens (tertiary/aromatic N) is 4. The highest BCUT2D eigenvalue weighted by Gasteiger charge is 2.39. The minimum Gasteiger partial charge on any atom is -0.354 e. The number of thiol groups is 1. The van der Waals surface area contributed by atoms with Gasteiger partial charge in [0.15, 0.2) is 0 Å². The Hall–Kier alpha value is -2.63. The fourth-order valence-corrected chi connectivity index (χ4v) is 5.63. The van der Waals surface area contributed by atoms with Crippen molar-refractivity contribution in [3.05, 3.63) is 58.8 Å². The van der Waals surface area contributed by atoms with Gasteiger partial charge in [0.25, 0.3) is 0 Å². The maximum atomic E-state index is 13.4. The number of hydrogen-bond donors (Lipinski definition) is 2. The van der Waals surface area contributed by atoms with Crippen LogP contribution in [0.3, 0.4) is 0 Å². The van der Waals surface area contributed by atoms with Crippen LogP contribution in [0.15, 0.2) is 36.5 Å². The molecule has 2 saturated heterocycles. The fourth-order valence-electron chi connectivity index (χ4n) is 5.13. The van der Waals surface area contributed by atoms with Crippen molar-refractivity contribution in [2.45, 2.75) is 43.5 Å². The molecule has 0 spiro atoms. The van der Waals surface area contributed by atoms with Gasteiger partial charge in [-0.25, -0.2) is 4.98 Å². The second-order valence-corrected chi connectivity index (χ2v) is 9.67. The number of alkyl halides is 3. The molecule has 1 aromatic heterocycles. The van der Waals surface area contributed by atoms with E-state index in [-0.39, 0.29) is 29.0 Å². The average Bonchev–Trinajstić information content (AvgIpc) is 3.14. The second-order valence-electron chi connectivity index (χ2n) is 9.18. The van der Waals surface area contributed by atoms with Gasteiger partial charge in [0, 0.05) is 51.9 Å². The molecule has 1 aromatic carbocycles. The van der Waals surface area contributed by atoms with E-state index in [9.17, 15) is 22.8 Å². The number of amides is 2. The molecule has 2 unspecified atom stereocenters. The summed E-state index contributed by atoms with van der Waals surface area (Å²) in [7, 11) is 0. The molecule has 2 atom stereocenters. The largest absolute Gasteiger partial charge is 0.419 e. The highest BCUT2D eigenvalue weighted by atomic mass is 32.1. The van der Waals surface area contributed by atoms with E-state index < -0.39 is 11.7 Å². The Morgan fingerprint density at radius 3 is 2.60 bits per heavy atom. The number of pyridine rings is 1. The van der Waals surface area contributed by atoms with Gasteiger partial charge in [-0.2, -0.15) is 25.8 Å². The van der Waals surface area contributed by atoms with Crippen molar-refractivity contribution in [2.24, 2.45) is 0 Å². The van der Waals surface area contributed by atoms with Crippen LogP contribution in [-0.4, -0.2) is 58.8 Å². The van der Waals surface area contributed by atoms with Crippen LogP contribution in [0, 0.1) is 0 Å². The van der Waals surface area contributed by atoms with Gasteiger partial charge in [-0.1, -0.05) is 18.2 Å². The molecule has 1 N–H and O–H groups in total. The van der Waals surface area contributed by atoms with Crippen LogP contribution in [-0.2, 0) is 28.9 Å². The standard InChI is InChI=1S/C24H26F3N5O2S/c25-24(26,27)18-2-1-7-28-21(18)31-10-8-30(9-11-31)13-15-3-4-17-16(12-15)14-32(23(17)35)19-5-6-20(33)29-22(19)34/h1-4,7,12,19,23,35H,5-6,8-11,13-14H2,(H,29,33,34). The summed E-state index contributed by atoms with van der Waals surface area (Å²) in [6.45, 7) is 3.45. The van der Waals surface area contributed by atoms with E-state index in [1.807, 2.05) is 17.0 Å². The summed E-state index contributed by atoms with van der Waals surface area (Å²) >= 11 is 4.74. The SMILES string of the molecule is O=C1CCC(N2Cc3cc(CN4CCN(c5ncccc5C(F)(F)F)CC4)ccc3C2S)C(=O)N1. The summed E-state index contributed by atoms with van der Waals surface area (Å²) in [5, 5.41) is 2.20. The molecular formula is C24H26F3N5O2S. The molecule has 11 heteroatoms. The Bertz CT molecular complexity index is 1140. The first-order valence-electron chi connectivity index (χ1n) is 11.6. The molecule has 186 valence electrons. The lowest BCUT2D eigenvalue weighted by Gasteiger charge is -2.36. The summed E-state index contributed by atoms with van der Waals surface area (Å²) in [6, 6.07) is 8.21. The quantitative estimate of drug-likeness (QED) is 0.492. The van der Waals surface area contributed by atoms with Gasteiger partial charge in [0.1, 0.15) is 5.82 Å². The Kier molecular flexibility index (Phi) is 6.49. The van der Waals surface area contributed by atoms with Crippen molar-refractivity contribution < 1.29 is 22.8 Å². The predicted octanol–water partition coefficient (Wildman–Crippen LogP) is 2.97. The summed E-state index contributed by atoms with van der Waals surface area (Å²) in [6.07, 6.45) is -2.23. The Morgan fingerprint density at radius 2 is 1.89 bits per heavy atom. The third-order valence-corrected chi connectivity index (χ3v) is 7.51. The van der Waals surface area contributed by atoms with Crippen molar-refractivity contribution in [2.75, 3.05) is 31.1 Å². The first-order valence-corrected chi connectivity index (χ1v) is 12.1. The maximum Gasteiger partial charge on any atom is 0.419 e. The summed E-state index contributed by atoms with van der Waals surface area (Å²) in [5.74, 6) is -0.517. The van der Waals surface area contributed by atoms with E-state index in [4.69, 9.17) is 12.6 Å². The maximum absolute atomic E-state index is 13.4. The van der Waals surface area contributed by atoms with Crippen LogP contribution in [0.4, 0.5) is 19.0 Å². The molecule has 4 heterocycles. The monoisotopic (exact) mass is 505 g/mol. The van der Waals surface area contributed by atoms with Crippen molar-refractivity contribution in [3.63, 3.8) is 0 Å². The molecule has 3 aliphatic rings. The summed E-state index contributed by atoms with van der Waals surface area (Å²) in [5.41, 5.74) is 2.57. The number of fused-ring (bicyclic) bond motifs is 1. The molecule has 3 aliphatic heterocycles. The van der Waals surface area contributed by atoms with Crippen molar-refractivity contribution >= 4 is 30.3 Å². The number of anilines is 1. The number of hydrogen-bond acceptors (Lipinski definition) is 7. The lowest BCUT2D eigenvalue weighted by atomic mass is 10.0. The predicted molar refractivity (Wildman–Crippen MR) is 127 cm³/mol. The van der Waals surface area contributed by atoms with Crippen molar-refractivity contribution in [3.8, 4) is 0 Å². The lowest BCUT2D eigenvalue weighted by Crippen LogP contribution is -2.51. The van der Waals surface area contributed by atoms with Gasteiger partial charge >= 0.3 is 6.18 Å². The minimum absolute atomic E-state index is 0.00876. The normalized spacial score (nSPS) is 23.9. The van der Waals surface area contributed by atoms with E-state index in [2.05, 4.69) is 21.3 Å². The third kappa shape index (κ3) is 4.89. The zero-order valence-electron chi connectivity index (χ0n) is 19.0. The van der Waals surface area contributed by atoms with E-state index in [1.54, 1.807) is 4.90 Å². The summed E-state index contributed by atoms with van der Waals surface area (Å²) in [4.78, 5) is 33.8. The molecule has 2 fully saturated rings. The molecule has 2 aromatic rings. The molecule has 0 bridgehead atoms. The average molecular weight is 506 g/mol. The van der Waals surface area contributed by atoms with Crippen molar-refractivity contribution in [1.29, 1.82) is 0 Å². The van der Waals surface area contributed by atoms with Gasteiger partial charge in [-0.05, 0) is 35.2 Å². The van der Waals surface area contributed by atoms with Crippen LogP contribution in [0.2, 0.25) is 0 Å². The smallest absolute Gasteiger partial charge is 0.354 e. The topological polar surface area (TPSA) is 68.8 Å². The Morgan fingerprint density at radius 1 is 1.11 bits per heavy atom. The first-order chi connectivity index (χ1) is 16.7. The van der Waals surface area contributed by atoms with Crippen LogP contribution in [0.5, 0.6) is 0 Å². The van der Waals surface area contributed by atoms with Crippen LogP contribution in [0.25, 0.3) is 0 Å². The molecule has 35 heavy (non-hydrogen) atoms. The number of carbonyl (C=O) groups is 2. The first kappa shape index (κ1) is 24.1. The Labute approximate surface area is 206 Å². The van der Waals surface area contributed by atoms with E-state index in [1.165, 1.54) is 12.3 Å². The molecule has 5 rings (SSSR count). The molecule has 2 amide bonds. The van der Waals surface area contributed by atoms with Crippen LogP contribution < -0.4 is 10.2 Å². The number of rotatable bonds is 4. The van der Waals surface area contributed by atoms with Gasteiger partial charge < -0.3 is 4.90 Å². The van der Waals surface area contributed by atoms with E-state index in [0.29, 0.717) is 52.1 Å². The number of halogens is 3. The zero-order chi connectivity index (χ0) is 24.7. The number of imide groups is 1. The van der Waals surface area contributed by atoms with Crippen molar-refractivity contribution in [1.82, 2.24) is 20.1 Å². The lowest BCUT2D eigenvalue weighted by molar-refractivity contribution is -0.138. The van der Waals surface area contributed by atoms with Gasteiger partial charge in [-0.15, -0.1) is 0 Å². The number of aromatic nitrogens is 1. The number of piperidine rings is 1. The van der Waals surface area contributed by atoms with E-state index >= 15 is 0 Å². The molecule has 0 radical (unpaired) electrons. The molecule has 7 nitrogen and oxygen atoms in total. The highest BCUT2D eigenvalue weighted by Crippen LogP contribution is 2.40. The summed E-state index contributed by atoms with van der Waals surface area (Å²) < 4.78 is 40.1. The number of piperazine rings is 1. The molecule has 0 aliphatic carbocycles. The minimum atomic E-state index is -4.43.